The molecule has 0 atom stereocenters. The summed E-state index contributed by atoms with van der Waals surface area (Å²) in [6.07, 6.45) is 2.52. The van der Waals surface area contributed by atoms with Crippen LogP contribution in [-0.4, -0.2) is 20.7 Å². The van der Waals surface area contributed by atoms with E-state index in [1.54, 1.807) is 6.07 Å². The van der Waals surface area contributed by atoms with Gasteiger partial charge in [-0.1, -0.05) is 13.0 Å². The summed E-state index contributed by atoms with van der Waals surface area (Å²) in [5.41, 5.74) is 8.33. The van der Waals surface area contributed by atoms with Gasteiger partial charge in [0, 0.05) is 12.2 Å². The second-order valence-corrected chi connectivity index (χ2v) is 6.34. The fraction of sp³-hybridized carbons (Fsp3) is 0.500. The fourth-order valence-corrected chi connectivity index (χ4v) is 3.77. The number of aryl methyl sites for hydroxylation is 1. The summed E-state index contributed by atoms with van der Waals surface area (Å²) >= 11 is 0. The molecule has 1 aromatic carbocycles. The maximum atomic E-state index is 11.9. The Balaban J connectivity index is 2.36. The van der Waals surface area contributed by atoms with Gasteiger partial charge in [-0.3, -0.25) is 4.31 Å². The number of rotatable bonds is 2. The van der Waals surface area contributed by atoms with Gasteiger partial charge < -0.3 is 5.73 Å². The Hall–Kier alpha value is -1.23. The van der Waals surface area contributed by atoms with Crippen molar-refractivity contribution >= 4 is 21.4 Å². The van der Waals surface area contributed by atoms with Crippen LogP contribution in [0.15, 0.2) is 18.2 Å². The number of benzene rings is 1. The maximum Gasteiger partial charge on any atom is 0.235 e. The van der Waals surface area contributed by atoms with Crippen molar-refractivity contribution in [1.82, 2.24) is 0 Å². The number of anilines is 2. The smallest absolute Gasteiger partial charge is 0.235 e. The highest BCUT2D eigenvalue weighted by Crippen LogP contribution is 2.27. The normalized spacial score (nSPS) is 19.2. The van der Waals surface area contributed by atoms with E-state index in [9.17, 15) is 8.42 Å². The molecule has 94 valence electrons. The van der Waals surface area contributed by atoms with Crippen molar-refractivity contribution in [3.63, 3.8) is 0 Å². The van der Waals surface area contributed by atoms with Gasteiger partial charge in [0.1, 0.15) is 0 Å². The number of hydrogen-bond donors (Lipinski definition) is 1. The zero-order chi connectivity index (χ0) is 12.5. The Morgan fingerprint density at radius 2 is 2.12 bits per heavy atom. The molecule has 0 radical (unpaired) electrons. The molecule has 0 aromatic heterocycles. The van der Waals surface area contributed by atoms with Crippen LogP contribution in [0.1, 0.15) is 25.3 Å². The van der Waals surface area contributed by atoms with Crippen LogP contribution in [0.3, 0.4) is 0 Å². The van der Waals surface area contributed by atoms with Gasteiger partial charge in [0.2, 0.25) is 10.0 Å². The van der Waals surface area contributed by atoms with E-state index in [0.717, 1.165) is 24.8 Å². The number of nitrogen functional groups attached to an aromatic ring is 1. The Morgan fingerprint density at radius 1 is 1.35 bits per heavy atom. The van der Waals surface area contributed by atoms with E-state index in [2.05, 4.69) is 0 Å². The predicted octanol–water partition coefficient (Wildman–Crippen LogP) is 1.76. The Labute approximate surface area is 102 Å². The van der Waals surface area contributed by atoms with Crippen LogP contribution in [0.5, 0.6) is 0 Å². The summed E-state index contributed by atoms with van der Waals surface area (Å²) in [6, 6.07) is 5.52. The van der Waals surface area contributed by atoms with Crippen LogP contribution >= 0.6 is 0 Å². The molecule has 1 saturated heterocycles. The molecule has 1 aliphatic heterocycles. The van der Waals surface area contributed by atoms with Crippen LogP contribution in [0.25, 0.3) is 0 Å². The fourth-order valence-electron chi connectivity index (χ4n) is 2.14. The number of hydrogen-bond acceptors (Lipinski definition) is 3. The summed E-state index contributed by atoms with van der Waals surface area (Å²) in [5.74, 6) is 0.239. The van der Waals surface area contributed by atoms with Crippen molar-refractivity contribution < 1.29 is 8.42 Å². The first kappa shape index (κ1) is 12.2. The average molecular weight is 254 g/mol. The van der Waals surface area contributed by atoms with Gasteiger partial charge in [0.25, 0.3) is 0 Å². The minimum absolute atomic E-state index is 0.239. The number of nitrogens with zero attached hydrogens (tertiary/aromatic N) is 1. The lowest BCUT2D eigenvalue weighted by atomic mass is 10.1. The molecule has 17 heavy (non-hydrogen) atoms. The van der Waals surface area contributed by atoms with E-state index < -0.39 is 10.0 Å². The van der Waals surface area contributed by atoms with Crippen molar-refractivity contribution in [1.29, 1.82) is 0 Å². The predicted molar refractivity (Wildman–Crippen MR) is 70.6 cm³/mol. The van der Waals surface area contributed by atoms with Crippen molar-refractivity contribution in [2.24, 2.45) is 0 Å². The minimum Gasteiger partial charge on any atom is -0.398 e. The summed E-state index contributed by atoms with van der Waals surface area (Å²) < 4.78 is 25.3. The van der Waals surface area contributed by atoms with Gasteiger partial charge in [0.05, 0.1) is 11.4 Å². The van der Waals surface area contributed by atoms with E-state index in [-0.39, 0.29) is 5.75 Å². The van der Waals surface area contributed by atoms with Gasteiger partial charge in [-0.05, 0) is 37.0 Å². The summed E-state index contributed by atoms with van der Waals surface area (Å²) in [7, 11) is -3.14. The quantitative estimate of drug-likeness (QED) is 0.818. The van der Waals surface area contributed by atoms with Crippen LogP contribution < -0.4 is 10.0 Å². The molecule has 0 saturated carbocycles. The molecule has 5 heteroatoms. The first-order valence-electron chi connectivity index (χ1n) is 5.93. The SMILES string of the molecule is CCc1ccc(N2CCCCS2(=O)=O)cc1N. The van der Waals surface area contributed by atoms with E-state index in [4.69, 9.17) is 5.73 Å². The lowest BCUT2D eigenvalue weighted by molar-refractivity contribution is 0.574. The first-order valence-corrected chi connectivity index (χ1v) is 7.54. The number of nitrogens with two attached hydrogens (primary N) is 1. The Kier molecular flexibility index (Phi) is 3.28. The van der Waals surface area contributed by atoms with Gasteiger partial charge >= 0.3 is 0 Å². The largest absolute Gasteiger partial charge is 0.398 e. The topological polar surface area (TPSA) is 63.4 Å². The third-order valence-corrected chi connectivity index (χ3v) is 5.02. The second kappa shape index (κ2) is 4.56. The summed E-state index contributed by atoms with van der Waals surface area (Å²) in [4.78, 5) is 0. The third-order valence-electron chi connectivity index (χ3n) is 3.15. The van der Waals surface area contributed by atoms with Crippen LogP contribution in [-0.2, 0) is 16.4 Å². The Bertz CT molecular complexity index is 511. The highest BCUT2D eigenvalue weighted by Gasteiger charge is 2.26. The lowest BCUT2D eigenvalue weighted by Crippen LogP contribution is -2.37. The molecule has 1 heterocycles. The summed E-state index contributed by atoms with van der Waals surface area (Å²) in [6.45, 7) is 2.59. The molecule has 1 aliphatic rings. The van der Waals surface area contributed by atoms with Crippen LogP contribution in [0.2, 0.25) is 0 Å². The molecule has 0 unspecified atom stereocenters. The van der Waals surface area contributed by atoms with Gasteiger partial charge in [-0.2, -0.15) is 0 Å². The Morgan fingerprint density at radius 3 is 2.71 bits per heavy atom. The molecule has 2 N–H and O–H groups in total. The molecule has 0 bridgehead atoms. The molecule has 0 spiro atoms. The van der Waals surface area contributed by atoms with E-state index in [0.29, 0.717) is 17.9 Å². The lowest BCUT2D eigenvalue weighted by Gasteiger charge is -2.28. The van der Waals surface area contributed by atoms with Gasteiger partial charge in [-0.15, -0.1) is 0 Å². The van der Waals surface area contributed by atoms with Crippen molar-refractivity contribution in [3.05, 3.63) is 23.8 Å². The van der Waals surface area contributed by atoms with Crippen LogP contribution in [0.4, 0.5) is 11.4 Å². The molecule has 1 fully saturated rings. The van der Waals surface area contributed by atoms with Gasteiger partial charge in [-0.25, -0.2) is 8.42 Å². The zero-order valence-corrected chi connectivity index (χ0v) is 10.8. The first-order chi connectivity index (χ1) is 8.04. The number of sulfonamides is 1. The third kappa shape index (κ3) is 2.39. The maximum absolute atomic E-state index is 11.9. The standard InChI is InChI=1S/C12H18N2O2S/c1-2-10-5-6-11(9-12(10)13)14-7-3-4-8-17(14,15)16/h5-6,9H,2-4,7-8,13H2,1H3. The van der Waals surface area contributed by atoms with E-state index >= 15 is 0 Å². The highest BCUT2D eigenvalue weighted by molar-refractivity contribution is 7.92. The zero-order valence-electron chi connectivity index (χ0n) is 10.0. The molecule has 0 aliphatic carbocycles. The molecular formula is C12H18N2O2S. The highest BCUT2D eigenvalue weighted by atomic mass is 32.2. The van der Waals surface area contributed by atoms with Crippen molar-refractivity contribution in [2.75, 3.05) is 22.3 Å². The average Bonchev–Trinajstić information content (AvgIpc) is 2.28. The minimum atomic E-state index is -3.14. The second-order valence-electron chi connectivity index (χ2n) is 4.33. The molecular weight excluding hydrogens is 236 g/mol. The van der Waals surface area contributed by atoms with E-state index in [1.807, 2.05) is 19.1 Å². The summed E-state index contributed by atoms with van der Waals surface area (Å²) in [5, 5.41) is 0. The molecule has 1 aromatic rings. The molecule has 4 nitrogen and oxygen atoms in total. The van der Waals surface area contributed by atoms with Crippen molar-refractivity contribution in [3.8, 4) is 0 Å². The van der Waals surface area contributed by atoms with Crippen molar-refractivity contribution in [2.45, 2.75) is 26.2 Å². The van der Waals surface area contributed by atoms with E-state index in [1.165, 1.54) is 4.31 Å². The molecule has 2 rings (SSSR count). The molecule has 0 amide bonds. The van der Waals surface area contributed by atoms with Gasteiger partial charge in [0.15, 0.2) is 0 Å². The monoisotopic (exact) mass is 254 g/mol. The van der Waals surface area contributed by atoms with Crippen LogP contribution in [0, 0.1) is 0 Å².